The molecule has 0 saturated heterocycles. The molecule has 0 atom stereocenters. The molecule has 3 N–H and O–H groups in total. The minimum absolute atomic E-state index is 0.0865. The first kappa shape index (κ1) is 23.3. The van der Waals surface area contributed by atoms with Gasteiger partial charge in [0.2, 0.25) is 0 Å². The van der Waals surface area contributed by atoms with E-state index in [1.54, 1.807) is 32.2 Å². The van der Waals surface area contributed by atoms with E-state index in [-0.39, 0.29) is 24.6 Å². The molecule has 170 valence electrons. The third-order valence-corrected chi connectivity index (χ3v) is 4.38. The average Bonchev–Trinajstić information content (AvgIpc) is 3.22. The van der Waals surface area contributed by atoms with Crippen molar-refractivity contribution in [3.05, 3.63) is 71.5 Å². The van der Waals surface area contributed by atoms with Gasteiger partial charge in [0.1, 0.15) is 11.4 Å². The van der Waals surface area contributed by atoms with E-state index in [0.29, 0.717) is 11.4 Å². The number of benzene rings is 1. The molecule has 0 bridgehead atoms. The van der Waals surface area contributed by atoms with Gasteiger partial charge >= 0.3 is 18.1 Å². The Morgan fingerprint density at radius 3 is 2.48 bits per heavy atom. The van der Waals surface area contributed by atoms with E-state index in [1.807, 2.05) is 53.9 Å². The lowest BCUT2D eigenvalue weighted by Gasteiger charge is -2.07. The Balaban J connectivity index is 1.86. The molecule has 0 aliphatic carbocycles. The highest BCUT2D eigenvalue weighted by molar-refractivity contribution is 6.04. The second kappa shape index (κ2) is 11.3. The van der Waals surface area contributed by atoms with Crippen LogP contribution >= 0.6 is 0 Å². The van der Waals surface area contributed by atoms with Gasteiger partial charge in [-0.25, -0.2) is 19.7 Å². The number of nitrogens with zero attached hydrogens (tertiary/aromatic N) is 1. The van der Waals surface area contributed by atoms with Gasteiger partial charge < -0.3 is 14.5 Å². The molecule has 0 radical (unpaired) electrons. The SMILES string of the molecule is CCOC(=O)NC(=O)Nc1[nH]c(-c2ccnc(/C=C/c3ccccc3)c2)cc1C(=O)OCC. The van der Waals surface area contributed by atoms with E-state index in [0.717, 1.165) is 11.1 Å². The van der Waals surface area contributed by atoms with Gasteiger partial charge in [0.15, 0.2) is 0 Å². The summed E-state index contributed by atoms with van der Waals surface area (Å²) in [6.07, 6.45) is 4.56. The molecule has 1 aromatic carbocycles. The second-order valence-corrected chi connectivity index (χ2v) is 6.71. The molecule has 0 spiro atoms. The molecule has 2 aromatic heterocycles. The van der Waals surface area contributed by atoms with Gasteiger partial charge in [-0.3, -0.25) is 10.3 Å². The smallest absolute Gasteiger partial charge is 0.415 e. The number of carbonyl (C=O) groups is 3. The maximum absolute atomic E-state index is 12.4. The number of rotatable bonds is 7. The van der Waals surface area contributed by atoms with Gasteiger partial charge in [-0.2, -0.15) is 0 Å². The van der Waals surface area contributed by atoms with E-state index in [1.165, 1.54) is 0 Å². The number of alkyl carbamates (subject to hydrolysis) is 1. The van der Waals surface area contributed by atoms with Crippen LogP contribution in [0.1, 0.15) is 35.5 Å². The van der Waals surface area contributed by atoms with Gasteiger partial charge in [0.25, 0.3) is 0 Å². The van der Waals surface area contributed by atoms with Crippen LogP contribution in [0, 0.1) is 0 Å². The molecule has 0 saturated carbocycles. The number of hydrogen-bond acceptors (Lipinski definition) is 6. The average molecular weight is 448 g/mol. The van der Waals surface area contributed by atoms with Crippen LogP contribution in [0.2, 0.25) is 0 Å². The Morgan fingerprint density at radius 1 is 1.00 bits per heavy atom. The molecule has 0 unspecified atom stereocenters. The van der Waals surface area contributed by atoms with E-state index < -0.39 is 18.1 Å². The van der Waals surface area contributed by atoms with Crippen molar-refractivity contribution in [1.82, 2.24) is 15.3 Å². The lowest BCUT2D eigenvalue weighted by Crippen LogP contribution is -2.35. The number of carbonyl (C=O) groups excluding carboxylic acids is 3. The van der Waals surface area contributed by atoms with Crippen molar-refractivity contribution < 1.29 is 23.9 Å². The van der Waals surface area contributed by atoms with Gasteiger partial charge in [0.05, 0.1) is 18.9 Å². The number of nitrogens with one attached hydrogen (secondary N) is 3. The van der Waals surface area contributed by atoms with Crippen LogP contribution in [0.3, 0.4) is 0 Å². The standard InChI is InChI=1S/C24H24N4O5/c1-3-32-22(29)19-15-20(26-21(19)27-23(30)28-24(31)33-4-2)17-12-13-25-18(14-17)11-10-16-8-6-5-7-9-16/h5-15,26H,3-4H2,1-2H3,(H2,27,28,30,31)/b11-10+. The van der Waals surface area contributed by atoms with E-state index in [4.69, 9.17) is 4.74 Å². The summed E-state index contributed by atoms with van der Waals surface area (Å²) >= 11 is 0. The van der Waals surface area contributed by atoms with Gasteiger partial charge in [0, 0.05) is 17.5 Å². The highest BCUT2D eigenvalue weighted by Crippen LogP contribution is 2.26. The summed E-state index contributed by atoms with van der Waals surface area (Å²) in [5, 5.41) is 4.47. The van der Waals surface area contributed by atoms with E-state index in [9.17, 15) is 14.4 Å². The summed E-state index contributed by atoms with van der Waals surface area (Å²) in [4.78, 5) is 43.4. The fourth-order valence-corrected chi connectivity index (χ4v) is 2.94. The minimum atomic E-state index is -0.900. The third kappa shape index (κ3) is 6.54. The fraction of sp³-hybridized carbons (Fsp3) is 0.167. The largest absolute Gasteiger partial charge is 0.462 e. The van der Waals surface area contributed by atoms with Crippen LogP contribution in [-0.4, -0.2) is 41.3 Å². The van der Waals surface area contributed by atoms with Crippen molar-refractivity contribution >= 4 is 36.1 Å². The molecule has 3 rings (SSSR count). The van der Waals surface area contributed by atoms with Crippen molar-refractivity contribution in [2.24, 2.45) is 0 Å². The first-order valence-corrected chi connectivity index (χ1v) is 10.3. The number of urea groups is 1. The van der Waals surface area contributed by atoms with Gasteiger partial charge in [-0.15, -0.1) is 0 Å². The van der Waals surface area contributed by atoms with Crippen LogP contribution in [0.15, 0.2) is 54.7 Å². The van der Waals surface area contributed by atoms with Gasteiger partial charge in [-0.05, 0) is 43.7 Å². The molecular formula is C24H24N4O5. The zero-order valence-electron chi connectivity index (χ0n) is 18.3. The van der Waals surface area contributed by atoms with Crippen LogP contribution in [0.25, 0.3) is 23.4 Å². The number of hydrogen-bond donors (Lipinski definition) is 3. The molecule has 3 amide bonds. The second-order valence-electron chi connectivity index (χ2n) is 6.71. The monoisotopic (exact) mass is 448 g/mol. The van der Waals surface area contributed by atoms with Crippen molar-refractivity contribution in [1.29, 1.82) is 0 Å². The highest BCUT2D eigenvalue weighted by atomic mass is 16.5. The number of pyridine rings is 1. The first-order chi connectivity index (χ1) is 16.0. The van der Waals surface area contributed by atoms with Crippen LogP contribution in [0.4, 0.5) is 15.4 Å². The molecule has 9 nitrogen and oxygen atoms in total. The number of H-pyrrole nitrogens is 1. The number of aromatic amines is 1. The zero-order chi connectivity index (χ0) is 23.6. The Morgan fingerprint density at radius 2 is 1.76 bits per heavy atom. The number of esters is 1. The molecule has 2 heterocycles. The lowest BCUT2D eigenvalue weighted by atomic mass is 10.1. The maximum Gasteiger partial charge on any atom is 0.415 e. The molecular weight excluding hydrogens is 424 g/mol. The van der Waals surface area contributed by atoms with Crippen molar-refractivity contribution in [3.8, 4) is 11.3 Å². The van der Waals surface area contributed by atoms with Crippen molar-refractivity contribution in [3.63, 3.8) is 0 Å². The molecule has 0 aliphatic heterocycles. The molecule has 0 fully saturated rings. The zero-order valence-corrected chi connectivity index (χ0v) is 18.3. The van der Waals surface area contributed by atoms with Gasteiger partial charge in [-0.1, -0.05) is 36.4 Å². The molecule has 0 aliphatic rings. The Kier molecular flexibility index (Phi) is 7.96. The molecule has 9 heteroatoms. The summed E-state index contributed by atoms with van der Waals surface area (Å²) in [6.45, 7) is 3.58. The maximum atomic E-state index is 12.4. The molecule has 33 heavy (non-hydrogen) atoms. The predicted molar refractivity (Wildman–Crippen MR) is 125 cm³/mol. The van der Waals surface area contributed by atoms with Crippen molar-refractivity contribution in [2.75, 3.05) is 18.5 Å². The number of amides is 3. The number of ether oxygens (including phenoxy) is 2. The minimum Gasteiger partial charge on any atom is -0.462 e. The lowest BCUT2D eigenvalue weighted by molar-refractivity contribution is 0.0528. The Bertz CT molecular complexity index is 1150. The van der Waals surface area contributed by atoms with Crippen LogP contribution in [-0.2, 0) is 9.47 Å². The van der Waals surface area contributed by atoms with Crippen molar-refractivity contribution in [2.45, 2.75) is 13.8 Å². The molecule has 3 aromatic rings. The summed E-state index contributed by atoms with van der Waals surface area (Å²) < 4.78 is 9.77. The quantitative estimate of drug-likeness (QED) is 0.450. The van der Waals surface area contributed by atoms with Crippen LogP contribution < -0.4 is 10.6 Å². The summed E-state index contributed by atoms with van der Waals surface area (Å²) in [6, 6.07) is 14.1. The fourth-order valence-electron chi connectivity index (χ4n) is 2.94. The first-order valence-electron chi connectivity index (χ1n) is 10.3. The van der Waals surface area contributed by atoms with Crippen LogP contribution in [0.5, 0.6) is 0 Å². The number of imide groups is 1. The summed E-state index contributed by atoms with van der Waals surface area (Å²) in [5.74, 6) is -0.534. The topological polar surface area (TPSA) is 122 Å². The van der Waals surface area contributed by atoms with E-state index >= 15 is 0 Å². The summed E-state index contributed by atoms with van der Waals surface area (Å²) in [5.41, 5.74) is 3.15. The summed E-state index contributed by atoms with van der Waals surface area (Å²) in [7, 11) is 0. The predicted octanol–water partition coefficient (Wildman–Crippen LogP) is 4.70. The number of aromatic nitrogens is 2. The normalized spacial score (nSPS) is 10.6. The Hall–Kier alpha value is -4.40. The number of anilines is 1. The van der Waals surface area contributed by atoms with E-state index in [2.05, 4.69) is 20.0 Å². The third-order valence-electron chi connectivity index (χ3n) is 4.38. The Labute approximate surface area is 190 Å². The highest BCUT2D eigenvalue weighted by Gasteiger charge is 2.20.